The zero-order chi connectivity index (χ0) is 97.0. The Balaban J connectivity index is 0.000000104. The van der Waals surface area contributed by atoms with Crippen LogP contribution in [0.5, 0.6) is 0 Å². The molecule has 0 aliphatic rings. The Labute approximate surface area is 840 Å². The van der Waals surface area contributed by atoms with Gasteiger partial charge in [-0.25, -0.2) is 15.0 Å². The first-order chi connectivity index (χ1) is 72.8. The van der Waals surface area contributed by atoms with Crippen LogP contribution in [0.15, 0.2) is 478 Å². The van der Waals surface area contributed by atoms with E-state index in [1.807, 2.05) is 85.7 Å². The van der Waals surface area contributed by atoms with Gasteiger partial charge in [-0.15, -0.1) is 0 Å². The largest absolute Gasteiger partial charge is 0.455 e. The van der Waals surface area contributed by atoms with Crippen LogP contribution in [-0.4, -0.2) is 39.0 Å². The van der Waals surface area contributed by atoms with Crippen LogP contribution in [-0.2, 0) is 0 Å². The van der Waals surface area contributed by atoms with Gasteiger partial charge in [0.2, 0.25) is 0 Å². The Hall–Kier alpha value is -20.2. The van der Waals surface area contributed by atoms with E-state index < -0.39 is 0 Å². The number of pyridine rings is 6. The molecule has 0 amide bonds. The molecule has 147 heavy (non-hydrogen) atoms. The molecule has 9 heterocycles. The van der Waals surface area contributed by atoms with Crippen LogP contribution >= 0.6 is 0 Å². The first-order valence-corrected chi connectivity index (χ1v) is 49.4. The summed E-state index contributed by atoms with van der Waals surface area (Å²) < 4.78 is 11.3. The van der Waals surface area contributed by atoms with E-state index in [1.54, 1.807) is 0 Å². The molecule has 31 aromatic rings. The lowest BCUT2D eigenvalue weighted by Crippen LogP contribution is -1.94. The van der Waals surface area contributed by atoms with E-state index in [1.165, 1.54) is 70.0 Å². The Morgan fingerprint density at radius 2 is 0.551 bits per heavy atom. The molecule has 0 spiro atoms. The summed E-state index contributed by atoms with van der Waals surface area (Å²) in [6, 6.07) is 158. The van der Waals surface area contributed by atoms with E-state index in [9.17, 15) is 10.5 Å². The predicted molar refractivity (Wildman–Crippen MR) is 609 cm³/mol. The van der Waals surface area contributed by atoms with Gasteiger partial charge in [0.15, 0.2) is 0 Å². The minimum atomic E-state index is 0.645. The summed E-state index contributed by atoms with van der Waals surface area (Å²) in [7, 11) is 0. The van der Waals surface area contributed by atoms with Gasteiger partial charge in [-0.05, 0) is 225 Å². The average molecular weight is 1870 g/mol. The maximum absolute atomic E-state index is 9.75. The Bertz CT molecular complexity index is 11200. The number of aromatic nitrogens is 8. The van der Waals surface area contributed by atoms with E-state index in [0.717, 1.165) is 225 Å². The molecule has 31 rings (SSSR count). The van der Waals surface area contributed by atoms with Gasteiger partial charge in [-0.3, -0.25) is 15.0 Å². The van der Waals surface area contributed by atoms with Crippen molar-refractivity contribution in [3.8, 4) is 90.7 Å². The molecule has 0 unspecified atom stereocenters. The maximum Gasteiger partial charge on any atom is 0.143 e. The molecule has 9 aromatic heterocycles. The third kappa shape index (κ3) is 13.4. The third-order valence-electron chi connectivity index (χ3n) is 30.0. The summed E-state index contributed by atoms with van der Waals surface area (Å²) in [5.74, 6) is 0. The predicted octanol–water partition coefficient (Wildman–Crippen LogP) is 35.4. The summed E-state index contributed by atoms with van der Waals surface area (Å²) in [6.45, 7) is 0. The number of furan rings is 1. The van der Waals surface area contributed by atoms with Crippen LogP contribution in [0.4, 0.5) is 0 Å². The highest BCUT2D eigenvalue weighted by Gasteiger charge is 2.27. The number of nitriles is 2. The van der Waals surface area contributed by atoms with Gasteiger partial charge >= 0.3 is 0 Å². The molecule has 0 radical (unpaired) electrons. The first kappa shape index (κ1) is 83.7. The van der Waals surface area contributed by atoms with Crippen LogP contribution in [0.3, 0.4) is 0 Å². The van der Waals surface area contributed by atoms with Gasteiger partial charge in [-0.1, -0.05) is 309 Å². The van der Waals surface area contributed by atoms with Crippen LogP contribution in [0.25, 0.3) is 295 Å². The number of hydrogen-bond donors (Lipinski definition) is 0. The quantitative estimate of drug-likeness (QED) is 0.136. The Morgan fingerprint density at radius 1 is 0.204 bits per heavy atom. The average Bonchev–Trinajstić information content (AvgIpc) is 1.68. The number of nitrogens with zero attached hydrogens (tertiary/aromatic N) is 10. The molecule has 0 saturated carbocycles. The number of hydrogen-bond acceptors (Lipinski definition) is 9. The smallest absolute Gasteiger partial charge is 0.143 e. The molecular formula is C136H78N10O. The number of fused-ring (bicyclic) bond motifs is 37. The van der Waals surface area contributed by atoms with Crippen LogP contribution in [0.2, 0.25) is 0 Å². The molecule has 0 atom stereocenters. The van der Waals surface area contributed by atoms with Crippen molar-refractivity contribution in [3.63, 3.8) is 0 Å². The zero-order valence-corrected chi connectivity index (χ0v) is 78.9. The minimum Gasteiger partial charge on any atom is -0.455 e. The molecule has 11 nitrogen and oxygen atoms in total. The molecule has 0 aliphatic heterocycles. The topological polar surface area (TPSA) is 148 Å². The van der Waals surface area contributed by atoms with Crippen molar-refractivity contribution in [2.75, 3.05) is 0 Å². The van der Waals surface area contributed by atoms with E-state index >= 15 is 0 Å². The molecule has 11 heteroatoms. The van der Waals surface area contributed by atoms with Crippen molar-refractivity contribution >= 4 is 217 Å². The van der Waals surface area contributed by atoms with Gasteiger partial charge in [0.05, 0.1) is 79.0 Å². The molecular weight excluding hydrogens is 1790 g/mol. The van der Waals surface area contributed by atoms with Crippen molar-refractivity contribution < 1.29 is 4.42 Å². The maximum atomic E-state index is 9.75. The first-order valence-electron chi connectivity index (χ1n) is 49.4. The minimum absolute atomic E-state index is 0.645. The molecule has 0 N–H and O–H groups in total. The van der Waals surface area contributed by atoms with E-state index in [2.05, 4.69) is 424 Å². The van der Waals surface area contributed by atoms with Gasteiger partial charge in [0.1, 0.15) is 11.2 Å². The molecule has 0 aliphatic carbocycles. The van der Waals surface area contributed by atoms with Gasteiger partial charge in [0, 0.05) is 168 Å². The van der Waals surface area contributed by atoms with Crippen LogP contribution in [0.1, 0.15) is 11.1 Å². The number of benzene rings is 22. The third-order valence-corrected chi connectivity index (χ3v) is 30.0. The van der Waals surface area contributed by atoms with Crippen molar-refractivity contribution in [1.82, 2.24) is 39.0 Å². The second-order valence-electron chi connectivity index (χ2n) is 37.9. The number of para-hydroxylation sites is 2. The van der Waals surface area contributed by atoms with Gasteiger partial charge < -0.3 is 13.6 Å². The van der Waals surface area contributed by atoms with E-state index in [4.69, 9.17) is 19.4 Å². The summed E-state index contributed by atoms with van der Waals surface area (Å²) in [5, 5.41) is 55.2. The molecule has 0 bridgehead atoms. The summed E-state index contributed by atoms with van der Waals surface area (Å²) in [6.07, 6.45) is 11.6. The summed E-state index contributed by atoms with van der Waals surface area (Å²) in [4.78, 5) is 30.3. The second kappa shape index (κ2) is 33.8. The monoisotopic (exact) mass is 1870 g/mol. The lowest BCUT2D eigenvalue weighted by atomic mass is 9.92. The fraction of sp³-hybridized carbons (Fsp3) is 0. The van der Waals surface area contributed by atoms with Crippen molar-refractivity contribution in [2.45, 2.75) is 0 Å². The van der Waals surface area contributed by atoms with Gasteiger partial charge in [-0.2, -0.15) is 10.5 Å². The molecule has 0 fully saturated rings. The van der Waals surface area contributed by atoms with E-state index in [0.29, 0.717) is 11.1 Å². The summed E-state index contributed by atoms with van der Waals surface area (Å²) >= 11 is 0. The van der Waals surface area contributed by atoms with Crippen molar-refractivity contribution in [1.29, 1.82) is 10.5 Å². The lowest BCUT2D eigenvalue weighted by Gasteiger charge is -2.15. The van der Waals surface area contributed by atoms with Gasteiger partial charge in [0.25, 0.3) is 0 Å². The molecule has 22 aromatic carbocycles. The molecule has 678 valence electrons. The lowest BCUT2D eigenvalue weighted by molar-refractivity contribution is 0.670. The van der Waals surface area contributed by atoms with Crippen LogP contribution in [0, 0.1) is 22.7 Å². The van der Waals surface area contributed by atoms with Crippen molar-refractivity contribution in [3.05, 3.63) is 485 Å². The fourth-order valence-corrected chi connectivity index (χ4v) is 23.5. The molecule has 0 saturated heterocycles. The number of rotatable bonds is 8. The van der Waals surface area contributed by atoms with Crippen LogP contribution < -0.4 is 0 Å². The summed E-state index contributed by atoms with van der Waals surface area (Å²) in [5.41, 5.74) is 25.1. The zero-order valence-electron chi connectivity index (χ0n) is 78.9. The SMILES string of the molecule is N#Cc1ccc2c(c1)c1cc(-c3cccc(-c4nc5c6ccccc6c6ccccc6c5c5cnccc45)c3)ccc1n2-c1ccccc1.N#Cc1ccc2c3cc(-c4cccc(-c5nc6c7ccccc7c7ccccc7c6c6cnccc56)c4)ccc3n(-c3ccccc3)c2c1.c1cc(-c2nc3c4ccccc4c4ccccc4c3c3cnccc23)cc(-c2cc3ccccc3c3c2oc2ccc4ccccc4c23)c1. The van der Waals surface area contributed by atoms with E-state index in [-0.39, 0.29) is 0 Å². The van der Waals surface area contributed by atoms with Crippen molar-refractivity contribution in [2.24, 2.45) is 0 Å². The highest BCUT2D eigenvalue weighted by Crippen LogP contribution is 2.50. The highest BCUT2D eigenvalue weighted by atomic mass is 16.3. The highest BCUT2D eigenvalue weighted by molar-refractivity contribution is 6.36. The Morgan fingerprint density at radius 3 is 1.01 bits per heavy atom. The standard InChI is InChI=1S/C46H26N2O.2C45H26N4/c1-3-14-31-27(10-1)20-21-40-42(31)43-32-15-4-2-11-29(32)25-38(46(43)49-40)28-12-9-13-30(24-28)44-37-22-23-47-26-39(37)41-35-18-7-5-16-33(35)34-17-6-8-19-36(34)45(41)48-44;46-26-28-17-19-35-39-25-30(18-20-41(39)49(42(35)23-28)32-11-2-1-3-12-32)29-9-8-10-31(24-29)44-38-21-22-47-27-40(38)43-36-15-6-4-13-33(36)34-14-5-7-16-37(34)45(43)48-44;46-26-28-17-19-41-38(23-28)39-25-30(18-20-42(39)49(41)32-11-2-1-3-12-32)29-9-8-10-31(24-29)44-37-21-22-47-27-40(37)43-35-15-6-4-13-33(35)34-14-5-7-16-36(34)45(43)48-44/h1-26H;2*1-25,27H. The second-order valence-corrected chi connectivity index (χ2v) is 37.9. The normalized spacial score (nSPS) is 11.8. The Kier molecular flexibility index (Phi) is 19.2. The fourth-order valence-electron chi connectivity index (χ4n) is 23.5.